The third-order valence-electron chi connectivity index (χ3n) is 3.14. The van der Waals surface area contributed by atoms with Crippen LogP contribution in [0, 0.1) is 5.41 Å². The van der Waals surface area contributed by atoms with Crippen LogP contribution in [0.2, 0.25) is 0 Å². The molecule has 0 saturated heterocycles. The molecule has 16 heavy (non-hydrogen) atoms. The highest BCUT2D eigenvalue weighted by molar-refractivity contribution is 5.77. The summed E-state index contributed by atoms with van der Waals surface area (Å²) in [4.78, 5) is 15.6. The van der Waals surface area contributed by atoms with Crippen molar-refractivity contribution >= 4 is 5.97 Å². The second-order valence-corrected chi connectivity index (χ2v) is 4.43. The number of aliphatic hydroxyl groups is 1. The van der Waals surface area contributed by atoms with Crippen molar-refractivity contribution in [1.82, 2.24) is 4.98 Å². The molecule has 0 spiro atoms. The number of methoxy groups -OCH3 is 1. The molecule has 4 heteroatoms. The smallest absolute Gasteiger partial charge is 0.314 e. The fourth-order valence-corrected chi connectivity index (χ4v) is 1.47. The van der Waals surface area contributed by atoms with Gasteiger partial charge in [0.25, 0.3) is 0 Å². The topological polar surface area (TPSA) is 59.4 Å². The van der Waals surface area contributed by atoms with Crippen molar-refractivity contribution in [2.24, 2.45) is 5.41 Å². The van der Waals surface area contributed by atoms with Gasteiger partial charge in [-0.15, -0.1) is 0 Å². The number of pyridine rings is 1. The quantitative estimate of drug-likeness (QED) is 0.789. The predicted octanol–water partition coefficient (Wildman–Crippen LogP) is 1.49. The first-order chi connectivity index (χ1) is 7.34. The summed E-state index contributed by atoms with van der Waals surface area (Å²) < 4.78 is 4.70. The van der Waals surface area contributed by atoms with Crippen molar-refractivity contribution in [3.63, 3.8) is 0 Å². The van der Waals surface area contributed by atoms with Crippen molar-refractivity contribution in [2.45, 2.75) is 26.4 Å². The molecule has 0 amide bonds. The van der Waals surface area contributed by atoms with Crippen molar-refractivity contribution in [3.8, 4) is 0 Å². The Balaban J connectivity index is 3.16. The molecule has 0 aliphatic heterocycles. The number of carbonyl (C=O) groups excluding carboxylic acids is 1. The van der Waals surface area contributed by atoms with Crippen LogP contribution in [0.15, 0.2) is 24.5 Å². The predicted molar refractivity (Wildman–Crippen MR) is 59.6 cm³/mol. The lowest BCUT2D eigenvalue weighted by Crippen LogP contribution is -2.45. The Kier molecular flexibility index (Phi) is 3.33. The molecule has 0 radical (unpaired) electrons. The lowest BCUT2D eigenvalue weighted by atomic mass is 9.72. The molecule has 0 aromatic carbocycles. The number of nitrogens with zero attached hydrogens (tertiary/aromatic N) is 1. The fourth-order valence-electron chi connectivity index (χ4n) is 1.47. The molecule has 0 bridgehead atoms. The Morgan fingerprint density at radius 1 is 1.44 bits per heavy atom. The summed E-state index contributed by atoms with van der Waals surface area (Å²) in [5, 5.41) is 10.5. The maximum absolute atomic E-state index is 11.7. The van der Waals surface area contributed by atoms with Gasteiger partial charge in [0.15, 0.2) is 0 Å². The van der Waals surface area contributed by atoms with Crippen LogP contribution < -0.4 is 0 Å². The average Bonchev–Trinajstić information content (AvgIpc) is 2.28. The Labute approximate surface area is 95.3 Å². The number of aromatic nitrogens is 1. The van der Waals surface area contributed by atoms with Crippen LogP contribution in [0.4, 0.5) is 0 Å². The summed E-state index contributed by atoms with van der Waals surface area (Å²) in [6.07, 6.45) is 3.16. The number of carbonyl (C=O) groups is 1. The number of esters is 1. The summed E-state index contributed by atoms with van der Waals surface area (Å²) >= 11 is 0. The Hall–Kier alpha value is -1.42. The van der Waals surface area contributed by atoms with E-state index in [1.54, 1.807) is 45.3 Å². The highest BCUT2D eigenvalue weighted by atomic mass is 16.5. The summed E-state index contributed by atoms with van der Waals surface area (Å²) in [5.41, 5.74) is -1.77. The molecule has 88 valence electrons. The van der Waals surface area contributed by atoms with Gasteiger partial charge in [0.05, 0.1) is 12.5 Å². The van der Waals surface area contributed by atoms with Crippen molar-refractivity contribution in [2.75, 3.05) is 7.11 Å². The van der Waals surface area contributed by atoms with Crippen LogP contribution in [-0.4, -0.2) is 23.2 Å². The minimum absolute atomic E-state index is 0.457. The van der Waals surface area contributed by atoms with Gasteiger partial charge >= 0.3 is 5.97 Å². The summed E-state index contributed by atoms with van der Waals surface area (Å²) in [6, 6.07) is 3.45. The first-order valence-electron chi connectivity index (χ1n) is 5.05. The van der Waals surface area contributed by atoms with Gasteiger partial charge in [-0.25, -0.2) is 0 Å². The second kappa shape index (κ2) is 4.22. The van der Waals surface area contributed by atoms with Crippen LogP contribution in [0.3, 0.4) is 0 Å². The molecule has 1 aromatic rings. The molecular formula is C12H17NO3. The minimum atomic E-state index is -1.33. The zero-order valence-corrected chi connectivity index (χ0v) is 10.0. The zero-order valence-electron chi connectivity index (χ0n) is 10.0. The van der Waals surface area contributed by atoms with Gasteiger partial charge in [0, 0.05) is 18.0 Å². The van der Waals surface area contributed by atoms with E-state index in [-0.39, 0.29) is 0 Å². The van der Waals surface area contributed by atoms with Gasteiger partial charge in [-0.2, -0.15) is 0 Å². The van der Waals surface area contributed by atoms with E-state index in [9.17, 15) is 9.90 Å². The number of hydrogen-bond donors (Lipinski definition) is 1. The van der Waals surface area contributed by atoms with Crippen molar-refractivity contribution < 1.29 is 14.6 Å². The molecule has 0 aliphatic rings. The standard InChI is InChI=1S/C12H17NO3/c1-11(2,10(14)16-4)12(3,15)9-6-5-7-13-8-9/h5-8,15H,1-4H3. The highest BCUT2D eigenvalue weighted by Gasteiger charge is 2.47. The van der Waals surface area contributed by atoms with E-state index in [1.807, 2.05) is 0 Å². The third kappa shape index (κ3) is 1.93. The van der Waals surface area contributed by atoms with Crippen LogP contribution in [0.1, 0.15) is 26.3 Å². The Morgan fingerprint density at radius 3 is 2.50 bits per heavy atom. The molecule has 0 aliphatic carbocycles. The maximum atomic E-state index is 11.7. The van der Waals surface area contributed by atoms with E-state index >= 15 is 0 Å². The lowest BCUT2D eigenvalue weighted by molar-refractivity contribution is -0.167. The van der Waals surface area contributed by atoms with E-state index in [2.05, 4.69) is 4.98 Å². The number of rotatable bonds is 3. The molecule has 1 N–H and O–H groups in total. The lowest BCUT2D eigenvalue weighted by Gasteiger charge is -2.37. The number of ether oxygens (including phenoxy) is 1. The normalized spacial score (nSPS) is 15.3. The molecule has 1 unspecified atom stereocenters. The molecular weight excluding hydrogens is 206 g/mol. The second-order valence-electron chi connectivity index (χ2n) is 4.43. The van der Waals surface area contributed by atoms with E-state index in [4.69, 9.17) is 4.74 Å². The SMILES string of the molecule is COC(=O)C(C)(C)C(C)(O)c1cccnc1. The molecule has 4 nitrogen and oxygen atoms in total. The van der Waals surface area contributed by atoms with Gasteiger partial charge in [-0.1, -0.05) is 6.07 Å². The molecule has 1 heterocycles. The fraction of sp³-hybridized carbons (Fsp3) is 0.500. The first-order valence-corrected chi connectivity index (χ1v) is 5.05. The minimum Gasteiger partial charge on any atom is -0.469 e. The van der Waals surface area contributed by atoms with E-state index < -0.39 is 17.0 Å². The van der Waals surface area contributed by atoms with E-state index in [0.29, 0.717) is 5.56 Å². The van der Waals surface area contributed by atoms with Crippen LogP contribution in [-0.2, 0) is 15.1 Å². The molecule has 0 saturated carbocycles. The van der Waals surface area contributed by atoms with Gasteiger partial charge in [0.1, 0.15) is 5.60 Å². The number of hydrogen-bond acceptors (Lipinski definition) is 4. The largest absolute Gasteiger partial charge is 0.469 e. The monoisotopic (exact) mass is 223 g/mol. The third-order valence-corrected chi connectivity index (χ3v) is 3.14. The molecule has 1 rings (SSSR count). The van der Waals surface area contributed by atoms with Gasteiger partial charge in [-0.05, 0) is 26.8 Å². The zero-order chi connectivity index (χ0) is 12.4. The van der Waals surface area contributed by atoms with Gasteiger partial charge in [-0.3, -0.25) is 9.78 Å². The molecule has 1 atom stereocenters. The van der Waals surface area contributed by atoms with Crippen molar-refractivity contribution in [3.05, 3.63) is 30.1 Å². The van der Waals surface area contributed by atoms with Crippen molar-refractivity contribution in [1.29, 1.82) is 0 Å². The highest BCUT2D eigenvalue weighted by Crippen LogP contribution is 2.39. The summed E-state index contributed by atoms with van der Waals surface area (Å²) in [5.74, 6) is -0.457. The molecule has 1 aromatic heterocycles. The van der Waals surface area contributed by atoms with Crippen LogP contribution in [0.25, 0.3) is 0 Å². The van der Waals surface area contributed by atoms with Gasteiger partial charge < -0.3 is 9.84 Å². The van der Waals surface area contributed by atoms with E-state index in [0.717, 1.165) is 0 Å². The van der Waals surface area contributed by atoms with Crippen LogP contribution in [0.5, 0.6) is 0 Å². The van der Waals surface area contributed by atoms with E-state index in [1.165, 1.54) is 7.11 Å². The maximum Gasteiger partial charge on any atom is 0.314 e. The van der Waals surface area contributed by atoms with Gasteiger partial charge in [0.2, 0.25) is 0 Å². The summed E-state index contributed by atoms with van der Waals surface area (Å²) in [6.45, 7) is 4.87. The van der Waals surface area contributed by atoms with Crippen LogP contribution >= 0.6 is 0 Å². The average molecular weight is 223 g/mol. The first kappa shape index (κ1) is 12.6. The molecule has 0 fully saturated rings. The summed E-state index contributed by atoms with van der Waals surface area (Å²) in [7, 11) is 1.31. The Bertz CT molecular complexity index is 371. The Morgan fingerprint density at radius 2 is 2.06 bits per heavy atom.